The molecule has 0 saturated carbocycles. The molecule has 0 fully saturated rings. The Balaban J connectivity index is 1.96. The summed E-state index contributed by atoms with van der Waals surface area (Å²) < 4.78 is 5.06. The number of aromatic carboxylic acids is 1. The predicted octanol–water partition coefficient (Wildman–Crippen LogP) is 1.72. The average Bonchev–Trinajstić information content (AvgIpc) is 2.46. The van der Waals surface area contributed by atoms with E-state index in [1.165, 1.54) is 24.4 Å². The van der Waals surface area contributed by atoms with E-state index in [9.17, 15) is 9.59 Å². The number of carboxylic acids is 1. The van der Waals surface area contributed by atoms with E-state index >= 15 is 0 Å². The first-order chi connectivity index (χ1) is 9.56. The number of nitrogen functional groups attached to an aromatic ring is 1. The van der Waals surface area contributed by atoms with Crippen molar-refractivity contribution in [3.05, 3.63) is 59.4 Å². The molecule has 0 amide bonds. The number of rotatable bonds is 4. The Labute approximate surface area is 114 Å². The van der Waals surface area contributed by atoms with Crippen LogP contribution in [-0.4, -0.2) is 22.0 Å². The van der Waals surface area contributed by atoms with Crippen LogP contribution in [0.4, 0.5) is 5.69 Å². The molecule has 1 heterocycles. The first-order valence-electron chi connectivity index (χ1n) is 5.77. The number of aromatic nitrogens is 1. The van der Waals surface area contributed by atoms with Gasteiger partial charge in [-0.15, -0.1) is 0 Å². The van der Waals surface area contributed by atoms with E-state index in [2.05, 4.69) is 4.98 Å². The molecule has 0 aliphatic heterocycles. The van der Waals surface area contributed by atoms with Gasteiger partial charge in [0.2, 0.25) is 0 Å². The molecule has 0 bridgehead atoms. The molecule has 2 aromatic rings. The summed E-state index contributed by atoms with van der Waals surface area (Å²) in [5.41, 5.74) is 6.97. The number of carbonyl (C=O) groups excluding carboxylic acids is 1. The molecular formula is C14H12N2O4. The lowest BCUT2D eigenvalue weighted by atomic mass is 10.1. The topological polar surface area (TPSA) is 103 Å². The second kappa shape index (κ2) is 5.83. The molecule has 1 aromatic carbocycles. The van der Waals surface area contributed by atoms with Crippen LogP contribution < -0.4 is 5.73 Å². The van der Waals surface area contributed by atoms with Crippen molar-refractivity contribution in [2.75, 3.05) is 5.73 Å². The maximum Gasteiger partial charge on any atom is 0.357 e. The SMILES string of the molecule is Nc1ccc(C(=O)OCc2ccc(C(=O)O)cc2)nc1. The summed E-state index contributed by atoms with van der Waals surface area (Å²) in [7, 11) is 0. The van der Waals surface area contributed by atoms with Gasteiger partial charge in [-0.1, -0.05) is 12.1 Å². The van der Waals surface area contributed by atoms with Gasteiger partial charge in [0.1, 0.15) is 12.3 Å². The summed E-state index contributed by atoms with van der Waals surface area (Å²) in [6.07, 6.45) is 1.37. The van der Waals surface area contributed by atoms with Gasteiger partial charge in [-0.3, -0.25) is 0 Å². The van der Waals surface area contributed by atoms with Crippen LogP contribution in [0.15, 0.2) is 42.6 Å². The van der Waals surface area contributed by atoms with E-state index in [-0.39, 0.29) is 17.9 Å². The normalized spacial score (nSPS) is 10.0. The Morgan fingerprint density at radius 3 is 2.40 bits per heavy atom. The minimum Gasteiger partial charge on any atom is -0.478 e. The van der Waals surface area contributed by atoms with Crippen LogP contribution in [0.3, 0.4) is 0 Å². The average molecular weight is 272 g/mol. The zero-order chi connectivity index (χ0) is 14.5. The maximum atomic E-state index is 11.7. The lowest BCUT2D eigenvalue weighted by Crippen LogP contribution is -2.07. The number of carbonyl (C=O) groups is 2. The first kappa shape index (κ1) is 13.5. The Bertz CT molecular complexity index is 621. The van der Waals surface area contributed by atoms with Gasteiger partial charge in [0.15, 0.2) is 0 Å². The molecule has 6 heteroatoms. The number of esters is 1. The van der Waals surface area contributed by atoms with Gasteiger partial charge in [0.25, 0.3) is 0 Å². The Morgan fingerprint density at radius 1 is 1.15 bits per heavy atom. The van der Waals surface area contributed by atoms with Crippen molar-refractivity contribution in [1.82, 2.24) is 4.98 Å². The molecule has 0 saturated heterocycles. The zero-order valence-corrected chi connectivity index (χ0v) is 10.4. The Hall–Kier alpha value is -2.89. The molecule has 0 aliphatic carbocycles. The van der Waals surface area contributed by atoms with Gasteiger partial charge in [-0.05, 0) is 29.8 Å². The predicted molar refractivity (Wildman–Crippen MR) is 71.2 cm³/mol. The largest absolute Gasteiger partial charge is 0.478 e. The van der Waals surface area contributed by atoms with Crippen molar-refractivity contribution < 1.29 is 19.4 Å². The smallest absolute Gasteiger partial charge is 0.357 e. The van der Waals surface area contributed by atoms with Gasteiger partial charge in [-0.2, -0.15) is 0 Å². The van der Waals surface area contributed by atoms with Crippen LogP contribution >= 0.6 is 0 Å². The van der Waals surface area contributed by atoms with E-state index < -0.39 is 11.9 Å². The van der Waals surface area contributed by atoms with E-state index in [1.54, 1.807) is 18.2 Å². The molecule has 0 radical (unpaired) electrons. The van der Waals surface area contributed by atoms with Crippen molar-refractivity contribution in [3.8, 4) is 0 Å². The lowest BCUT2D eigenvalue weighted by Gasteiger charge is -2.05. The fraction of sp³-hybridized carbons (Fsp3) is 0.0714. The number of nitrogens with zero attached hydrogens (tertiary/aromatic N) is 1. The third kappa shape index (κ3) is 3.32. The molecule has 0 aliphatic rings. The van der Waals surface area contributed by atoms with Crippen LogP contribution in [0.25, 0.3) is 0 Å². The summed E-state index contributed by atoms with van der Waals surface area (Å²) >= 11 is 0. The minimum absolute atomic E-state index is 0.0464. The van der Waals surface area contributed by atoms with Crippen LogP contribution in [0.5, 0.6) is 0 Å². The van der Waals surface area contributed by atoms with E-state index in [0.717, 1.165) is 0 Å². The molecule has 0 unspecified atom stereocenters. The molecule has 102 valence electrons. The highest BCUT2D eigenvalue weighted by Gasteiger charge is 2.09. The summed E-state index contributed by atoms with van der Waals surface area (Å²) in [6.45, 7) is 0.0464. The van der Waals surface area contributed by atoms with Gasteiger partial charge in [0, 0.05) is 0 Å². The number of carboxylic acid groups (broad SMARTS) is 1. The second-order valence-electron chi connectivity index (χ2n) is 4.05. The number of ether oxygens (including phenoxy) is 1. The van der Waals surface area contributed by atoms with Gasteiger partial charge < -0.3 is 15.6 Å². The van der Waals surface area contributed by atoms with E-state index in [1.807, 2.05) is 0 Å². The summed E-state index contributed by atoms with van der Waals surface area (Å²) in [4.78, 5) is 26.2. The van der Waals surface area contributed by atoms with E-state index in [0.29, 0.717) is 11.3 Å². The maximum absolute atomic E-state index is 11.7. The molecule has 1 aromatic heterocycles. The first-order valence-corrected chi connectivity index (χ1v) is 5.77. The number of benzene rings is 1. The Morgan fingerprint density at radius 2 is 1.85 bits per heavy atom. The fourth-order valence-electron chi connectivity index (χ4n) is 1.49. The van der Waals surface area contributed by atoms with Crippen LogP contribution in [0.2, 0.25) is 0 Å². The van der Waals surface area contributed by atoms with Crippen molar-refractivity contribution in [3.63, 3.8) is 0 Å². The fourth-order valence-corrected chi connectivity index (χ4v) is 1.49. The van der Waals surface area contributed by atoms with E-state index in [4.69, 9.17) is 15.6 Å². The number of anilines is 1. The highest BCUT2D eigenvalue weighted by molar-refractivity contribution is 5.88. The van der Waals surface area contributed by atoms with Gasteiger partial charge in [0.05, 0.1) is 17.4 Å². The van der Waals surface area contributed by atoms with Crippen LogP contribution in [0.1, 0.15) is 26.4 Å². The molecule has 6 nitrogen and oxygen atoms in total. The third-order valence-corrected chi connectivity index (χ3v) is 2.57. The number of hydrogen-bond donors (Lipinski definition) is 2. The standard InChI is InChI=1S/C14H12N2O4/c15-11-5-6-12(16-7-11)14(19)20-8-9-1-3-10(4-2-9)13(17)18/h1-7H,8,15H2,(H,17,18). The van der Waals surface area contributed by atoms with Crippen molar-refractivity contribution >= 4 is 17.6 Å². The van der Waals surface area contributed by atoms with Crippen molar-refractivity contribution in [2.45, 2.75) is 6.61 Å². The summed E-state index contributed by atoms with van der Waals surface area (Å²) in [5.74, 6) is -1.56. The Kier molecular flexibility index (Phi) is 3.95. The molecule has 0 atom stereocenters. The molecular weight excluding hydrogens is 260 g/mol. The van der Waals surface area contributed by atoms with Gasteiger partial charge in [-0.25, -0.2) is 14.6 Å². The molecule has 3 N–H and O–H groups in total. The van der Waals surface area contributed by atoms with Gasteiger partial charge >= 0.3 is 11.9 Å². The molecule has 20 heavy (non-hydrogen) atoms. The highest BCUT2D eigenvalue weighted by Crippen LogP contribution is 2.08. The number of pyridine rings is 1. The van der Waals surface area contributed by atoms with Crippen molar-refractivity contribution in [1.29, 1.82) is 0 Å². The molecule has 0 spiro atoms. The summed E-state index contributed by atoms with van der Waals surface area (Å²) in [6, 6.07) is 9.12. The zero-order valence-electron chi connectivity index (χ0n) is 10.4. The quantitative estimate of drug-likeness (QED) is 0.821. The lowest BCUT2D eigenvalue weighted by molar-refractivity contribution is 0.0465. The van der Waals surface area contributed by atoms with Crippen molar-refractivity contribution in [2.24, 2.45) is 0 Å². The number of nitrogens with two attached hydrogens (primary N) is 1. The number of hydrogen-bond acceptors (Lipinski definition) is 5. The second-order valence-corrected chi connectivity index (χ2v) is 4.05. The molecule has 2 rings (SSSR count). The third-order valence-electron chi connectivity index (χ3n) is 2.57. The summed E-state index contributed by atoms with van der Waals surface area (Å²) in [5, 5.41) is 8.76. The monoisotopic (exact) mass is 272 g/mol. The van der Waals surface area contributed by atoms with Crippen LogP contribution in [-0.2, 0) is 11.3 Å². The minimum atomic E-state index is -1.00. The highest BCUT2D eigenvalue weighted by atomic mass is 16.5. The van der Waals surface area contributed by atoms with Crippen LogP contribution in [0, 0.1) is 0 Å².